The molecule has 0 spiro atoms. The van der Waals surface area contributed by atoms with Crippen LogP contribution in [0.15, 0.2) is 42.5 Å². The van der Waals surface area contributed by atoms with Gasteiger partial charge in [0.1, 0.15) is 5.75 Å². The number of nitrogens with zero attached hydrogens (tertiary/aromatic N) is 1. The Kier molecular flexibility index (Phi) is 5.61. The molecule has 1 heterocycles. The molecule has 0 aliphatic carbocycles. The van der Waals surface area contributed by atoms with Crippen molar-refractivity contribution >= 4 is 17.6 Å². The first-order valence-corrected chi connectivity index (χ1v) is 8.76. The van der Waals surface area contributed by atoms with Gasteiger partial charge in [-0.2, -0.15) is 0 Å². The topological polar surface area (TPSA) is 90.9 Å². The molecule has 1 saturated heterocycles. The molecule has 1 fully saturated rings. The molecule has 7 nitrogen and oxygen atoms in total. The molecule has 2 aromatic carbocycles. The molecule has 3 N–H and O–H groups in total. The number of amides is 3. The fourth-order valence-electron chi connectivity index (χ4n) is 3.00. The number of carbonyl (C=O) groups is 2. The highest BCUT2D eigenvalue weighted by Gasteiger charge is 2.23. The van der Waals surface area contributed by atoms with Crippen LogP contribution in [0.25, 0.3) is 0 Å². The van der Waals surface area contributed by atoms with E-state index in [1.807, 2.05) is 13.0 Å². The number of hydrogen-bond donors (Lipinski definition) is 3. The van der Waals surface area contributed by atoms with Crippen LogP contribution < -0.4 is 20.3 Å². The summed E-state index contributed by atoms with van der Waals surface area (Å²) in [5.41, 5.74) is 2.73. The first kappa shape index (κ1) is 18.7. The molecule has 0 bridgehead atoms. The van der Waals surface area contributed by atoms with Crippen LogP contribution >= 0.6 is 0 Å². The summed E-state index contributed by atoms with van der Waals surface area (Å²) in [7, 11) is 1.56. The number of nitrogens with one attached hydrogen (secondary N) is 2. The first-order valence-electron chi connectivity index (χ1n) is 8.76. The van der Waals surface area contributed by atoms with Gasteiger partial charge in [0.25, 0.3) is 5.91 Å². The molecule has 142 valence electrons. The van der Waals surface area contributed by atoms with Crippen LogP contribution in [-0.4, -0.2) is 43.8 Å². The van der Waals surface area contributed by atoms with Crippen molar-refractivity contribution in [3.8, 4) is 5.75 Å². The molecule has 7 heteroatoms. The zero-order valence-electron chi connectivity index (χ0n) is 15.4. The van der Waals surface area contributed by atoms with Crippen LogP contribution in [0.4, 0.5) is 10.5 Å². The summed E-state index contributed by atoms with van der Waals surface area (Å²) < 4.78 is 5.15. The molecular weight excluding hydrogens is 346 g/mol. The number of urea groups is 1. The van der Waals surface area contributed by atoms with E-state index in [2.05, 4.69) is 10.6 Å². The molecule has 1 atom stereocenters. The number of rotatable bonds is 6. The van der Waals surface area contributed by atoms with Crippen LogP contribution in [0.3, 0.4) is 0 Å². The molecule has 2 aromatic rings. The van der Waals surface area contributed by atoms with Crippen molar-refractivity contribution in [2.24, 2.45) is 0 Å². The third kappa shape index (κ3) is 4.20. The zero-order valence-corrected chi connectivity index (χ0v) is 15.4. The average molecular weight is 369 g/mol. The van der Waals surface area contributed by atoms with Crippen molar-refractivity contribution in [3.05, 3.63) is 59.2 Å². The Hall–Kier alpha value is -3.06. The van der Waals surface area contributed by atoms with Crippen molar-refractivity contribution in [2.45, 2.75) is 13.0 Å². The van der Waals surface area contributed by atoms with E-state index in [0.29, 0.717) is 35.7 Å². The number of hydrogen-bond acceptors (Lipinski definition) is 4. The highest BCUT2D eigenvalue weighted by atomic mass is 16.5. The van der Waals surface area contributed by atoms with Crippen LogP contribution in [0.1, 0.15) is 27.6 Å². The molecule has 0 radical (unpaired) electrons. The minimum Gasteiger partial charge on any atom is -0.497 e. The van der Waals surface area contributed by atoms with Gasteiger partial charge in [-0.25, -0.2) is 4.79 Å². The number of aliphatic hydroxyl groups is 1. The normalized spacial score (nSPS) is 14.6. The lowest BCUT2D eigenvalue weighted by molar-refractivity contribution is 0.0916. The maximum absolute atomic E-state index is 12.5. The minimum absolute atomic E-state index is 0.0689. The monoisotopic (exact) mass is 369 g/mol. The van der Waals surface area contributed by atoms with Crippen LogP contribution in [0.5, 0.6) is 5.75 Å². The zero-order chi connectivity index (χ0) is 19.4. The Balaban J connectivity index is 1.68. The molecule has 1 aliphatic heterocycles. The van der Waals surface area contributed by atoms with E-state index in [1.165, 1.54) is 0 Å². The van der Waals surface area contributed by atoms with Crippen molar-refractivity contribution in [1.82, 2.24) is 10.6 Å². The minimum atomic E-state index is -0.849. The van der Waals surface area contributed by atoms with Gasteiger partial charge in [0.2, 0.25) is 0 Å². The molecule has 1 aliphatic rings. The van der Waals surface area contributed by atoms with Crippen molar-refractivity contribution in [2.75, 3.05) is 31.6 Å². The van der Waals surface area contributed by atoms with Crippen molar-refractivity contribution < 1.29 is 19.4 Å². The lowest BCUT2D eigenvalue weighted by atomic mass is 10.1. The van der Waals surface area contributed by atoms with E-state index in [0.717, 1.165) is 5.56 Å². The predicted molar refractivity (Wildman–Crippen MR) is 102 cm³/mol. The third-order valence-electron chi connectivity index (χ3n) is 4.55. The van der Waals surface area contributed by atoms with Gasteiger partial charge in [0.05, 0.1) is 13.2 Å². The first-order chi connectivity index (χ1) is 13.0. The fourth-order valence-corrected chi connectivity index (χ4v) is 3.00. The Bertz CT molecular complexity index is 853. The van der Waals surface area contributed by atoms with E-state index in [9.17, 15) is 14.7 Å². The quantitative estimate of drug-likeness (QED) is 0.726. The lowest BCUT2D eigenvalue weighted by Crippen LogP contribution is -2.30. The largest absolute Gasteiger partial charge is 0.497 e. The number of carbonyl (C=O) groups excluding carboxylic acids is 2. The number of ether oxygens (including phenoxy) is 1. The number of aliphatic hydroxyl groups excluding tert-OH is 1. The highest BCUT2D eigenvalue weighted by Crippen LogP contribution is 2.23. The number of methoxy groups -OCH3 is 1. The number of aryl methyl sites for hydroxylation is 1. The van der Waals surface area contributed by atoms with E-state index in [1.54, 1.807) is 48.4 Å². The standard InChI is InChI=1S/C20H23N3O4/c1-13-6-7-15(11-17(13)23-9-8-21-20(23)26)19(25)22-12-18(24)14-4-3-5-16(10-14)27-2/h3-7,10-11,18,24H,8-9,12H2,1-2H3,(H,21,26)(H,22,25). The van der Waals surface area contributed by atoms with Gasteiger partial charge in [-0.1, -0.05) is 18.2 Å². The molecular formula is C20H23N3O4. The Morgan fingerprint density at radius 2 is 2.15 bits per heavy atom. The SMILES string of the molecule is COc1cccc(C(O)CNC(=O)c2ccc(C)c(N3CCNC3=O)c2)c1. The molecule has 0 saturated carbocycles. The summed E-state index contributed by atoms with van der Waals surface area (Å²) in [6.07, 6.45) is -0.849. The average Bonchev–Trinajstić information content (AvgIpc) is 3.12. The van der Waals surface area contributed by atoms with Gasteiger partial charge < -0.3 is 20.5 Å². The number of benzene rings is 2. The second kappa shape index (κ2) is 8.09. The van der Waals surface area contributed by atoms with E-state index in [4.69, 9.17) is 4.74 Å². The number of anilines is 1. The van der Waals surface area contributed by atoms with Gasteiger partial charge in [0.15, 0.2) is 0 Å². The Morgan fingerprint density at radius 3 is 2.85 bits per heavy atom. The maximum atomic E-state index is 12.5. The van der Waals surface area contributed by atoms with Gasteiger partial charge in [-0.05, 0) is 42.3 Å². The maximum Gasteiger partial charge on any atom is 0.322 e. The molecule has 3 amide bonds. The summed E-state index contributed by atoms with van der Waals surface area (Å²) in [6, 6.07) is 12.1. The fraction of sp³-hybridized carbons (Fsp3) is 0.300. The molecule has 27 heavy (non-hydrogen) atoms. The summed E-state index contributed by atoms with van der Waals surface area (Å²) in [6.45, 7) is 3.12. The van der Waals surface area contributed by atoms with Gasteiger partial charge in [0, 0.05) is 30.9 Å². The summed E-state index contributed by atoms with van der Waals surface area (Å²) in [4.78, 5) is 26.0. The van der Waals surface area contributed by atoms with E-state index < -0.39 is 6.10 Å². The van der Waals surface area contributed by atoms with E-state index >= 15 is 0 Å². The second-order valence-corrected chi connectivity index (χ2v) is 6.39. The molecule has 3 rings (SSSR count). The van der Waals surface area contributed by atoms with Crippen molar-refractivity contribution in [3.63, 3.8) is 0 Å². The lowest BCUT2D eigenvalue weighted by Gasteiger charge is -2.18. The van der Waals surface area contributed by atoms with Crippen LogP contribution in [0, 0.1) is 6.92 Å². The highest BCUT2D eigenvalue weighted by molar-refractivity contribution is 5.99. The Morgan fingerprint density at radius 1 is 1.33 bits per heavy atom. The summed E-state index contributed by atoms with van der Waals surface area (Å²) in [5, 5.41) is 15.8. The molecule has 0 aromatic heterocycles. The van der Waals surface area contributed by atoms with Crippen LogP contribution in [-0.2, 0) is 0 Å². The van der Waals surface area contributed by atoms with Gasteiger partial charge >= 0.3 is 6.03 Å². The Labute approximate surface area is 157 Å². The van der Waals surface area contributed by atoms with Gasteiger partial charge in [-0.3, -0.25) is 9.69 Å². The third-order valence-corrected chi connectivity index (χ3v) is 4.55. The second-order valence-electron chi connectivity index (χ2n) is 6.39. The van der Waals surface area contributed by atoms with Crippen molar-refractivity contribution in [1.29, 1.82) is 0 Å². The summed E-state index contributed by atoms with van der Waals surface area (Å²) >= 11 is 0. The smallest absolute Gasteiger partial charge is 0.322 e. The van der Waals surface area contributed by atoms with Gasteiger partial charge in [-0.15, -0.1) is 0 Å². The van der Waals surface area contributed by atoms with E-state index in [-0.39, 0.29) is 18.5 Å². The van der Waals surface area contributed by atoms with Crippen LogP contribution in [0.2, 0.25) is 0 Å². The summed E-state index contributed by atoms with van der Waals surface area (Å²) in [5.74, 6) is 0.336. The predicted octanol–water partition coefficient (Wildman–Crippen LogP) is 2.00. The molecule has 1 unspecified atom stereocenters.